The summed E-state index contributed by atoms with van der Waals surface area (Å²) in [5.41, 5.74) is 1.89. The molecule has 0 unspecified atom stereocenters. The standard InChI is InChI=1S/C26H20N4O4S/c1-4-34-26(33)20-14-35-25(22(20)27-3)30-29-21-18-8-6-5-7-16(18)13-19(23(21)31)24(32)28-17-11-9-15(2)10-12-17/h5-14,31H,4H2,1-2H3,(H,28,32). The van der Waals surface area contributed by atoms with E-state index in [1.807, 2.05) is 25.1 Å². The van der Waals surface area contributed by atoms with E-state index < -0.39 is 11.9 Å². The molecule has 1 aromatic heterocycles. The topological polar surface area (TPSA) is 105 Å². The van der Waals surface area contributed by atoms with Crippen LogP contribution in [0.3, 0.4) is 0 Å². The number of carbonyl (C=O) groups is 2. The van der Waals surface area contributed by atoms with Gasteiger partial charge >= 0.3 is 5.97 Å². The van der Waals surface area contributed by atoms with Crippen LogP contribution in [0, 0.1) is 13.5 Å². The Bertz CT molecular complexity index is 1500. The Hall–Kier alpha value is -4.55. The van der Waals surface area contributed by atoms with Gasteiger partial charge < -0.3 is 15.2 Å². The average molecular weight is 485 g/mol. The van der Waals surface area contributed by atoms with E-state index in [0.29, 0.717) is 16.5 Å². The Labute approximate surface area is 205 Å². The molecule has 0 radical (unpaired) electrons. The lowest BCUT2D eigenvalue weighted by molar-refractivity contribution is 0.0528. The molecule has 0 aliphatic carbocycles. The van der Waals surface area contributed by atoms with Crippen molar-refractivity contribution >= 4 is 56.0 Å². The molecule has 8 nitrogen and oxygen atoms in total. The van der Waals surface area contributed by atoms with E-state index in [9.17, 15) is 14.7 Å². The Balaban J connectivity index is 1.75. The van der Waals surface area contributed by atoms with Crippen molar-refractivity contribution < 1.29 is 19.4 Å². The average Bonchev–Trinajstić information content (AvgIpc) is 3.27. The Kier molecular flexibility index (Phi) is 6.85. The molecular weight excluding hydrogens is 464 g/mol. The SMILES string of the molecule is [C-]#[N+]c1c(C(=O)OCC)csc1N=Nc1c(O)c(C(=O)Nc2ccc(C)cc2)cc2ccccc12. The summed E-state index contributed by atoms with van der Waals surface area (Å²) in [6.07, 6.45) is 0. The largest absolute Gasteiger partial charge is 0.505 e. The van der Waals surface area contributed by atoms with E-state index >= 15 is 0 Å². The summed E-state index contributed by atoms with van der Waals surface area (Å²) in [6, 6.07) is 16.0. The molecule has 4 aromatic rings. The first-order valence-electron chi connectivity index (χ1n) is 10.6. The minimum Gasteiger partial charge on any atom is -0.505 e. The van der Waals surface area contributed by atoms with Gasteiger partial charge in [-0.1, -0.05) is 42.0 Å². The summed E-state index contributed by atoms with van der Waals surface area (Å²) in [6.45, 7) is 11.3. The summed E-state index contributed by atoms with van der Waals surface area (Å²) in [5, 5.41) is 25.1. The molecule has 35 heavy (non-hydrogen) atoms. The third-order valence-electron chi connectivity index (χ3n) is 5.14. The van der Waals surface area contributed by atoms with Gasteiger partial charge in [0.2, 0.25) is 5.69 Å². The van der Waals surface area contributed by atoms with Gasteiger partial charge in [0.25, 0.3) is 5.91 Å². The maximum absolute atomic E-state index is 13.0. The summed E-state index contributed by atoms with van der Waals surface area (Å²) in [4.78, 5) is 28.5. The minimum absolute atomic E-state index is 0.0225. The zero-order chi connectivity index (χ0) is 24.9. The predicted molar refractivity (Wildman–Crippen MR) is 135 cm³/mol. The number of thiophene rings is 1. The van der Waals surface area contributed by atoms with Crippen molar-refractivity contribution in [2.24, 2.45) is 10.2 Å². The number of esters is 1. The monoisotopic (exact) mass is 484 g/mol. The third kappa shape index (κ3) is 4.88. The van der Waals surface area contributed by atoms with E-state index in [0.717, 1.165) is 16.9 Å². The van der Waals surface area contributed by atoms with Crippen molar-refractivity contribution in [1.82, 2.24) is 0 Å². The van der Waals surface area contributed by atoms with E-state index in [1.54, 1.807) is 43.3 Å². The number of ether oxygens (including phenoxy) is 1. The van der Waals surface area contributed by atoms with Crippen LogP contribution in [0.2, 0.25) is 0 Å². The first-order chi connectivity index (χ1) is 16.9. The number of benzene rings is 3. The molecule has 0 bridgehead atoms. The fourth-order valence-electron chi connectivity index (χ4n) is 3.40. The highest BCUT2D eigenvalue weighted by Gasteiger charge is 2.21. The van der Waals surface area contributed by atoms with Gasteiger partial charge in [-0.15, -0.1) is 16.5 Å². The molecule has 0 fully saturated rings. The van der Waals surface area contributed by atoms with E-state index in [2.05, 4.69) is 20.4 Å². The number of aromatic hydroxyl groups is 1. The molecule has 0 aliphatic rings. The van der Waals surface area contributed by atoms with Crippen molar-refractivity contribution in [2.75, 3.05) is 11.9 Å². The molecular formula is C26H20N4O4S. The quantitative estimate of drug-likeness (QED) is 0.170. The van der Waals surface area contributed by atoms with Crippen LogP contribution in [0.15, 0.2) is 70.2 Å². The van der Waals surface area contributed by atoms with Gasteiger partial charge in [-0.3, -0.25) is 4.79 Å². The van der Waals surface area contributed by atoms with Crippen LogP contribution in [-0.4, -0.2) is 23.6 Å². The number of amides is 1. The number of aryl methyl sites for hydroxylation is 1. The Morgan fingerprint density at radius 2 is 1.86 bits per heavy atom. The molecule has 0 saturated heterocycles. The number of phenolic OH excluding ortho intramolecular Hbond substituents is 1. The molecule has 0 atom stereocenters. The second-order valence-electron chi connectivity index (χ2n) is 7.50. The number of phenols is 1. The fraction of sp³-hybridized carbons (Fsp3) is 0.115. The van der Waals surface area contributed by atoms with Crippen molar-refractivity contribution in [3.63, 3.8) is 0 Å². The number of azo groups is 1. The minimum atomic E-state index is -0.612. The van der Waals surface area contributed by atoms with Gasteiger partial charge in [-0.05, 0) is 42.8 Å². The lowest BCUT2D eigenvalue weighted by Crippen LogP contribution is -2.12. The van der Waals surface area contributed by atoms with Crippen molar-refractivity contribution in [2.45, 2.75) is 13.8 Å². The summed E-state index contributed by atoms with van der Waals surface area (Å²) >= 11 is 1.06. The molecule has 4 rings (SSSR count). The summed E-state index contributed by atoms with van der Waals surface area (Å²) < 4.78 is 4.99. The lowest BCUT2D eigenvalue weighted by atomic mass is 10.0. The van der Waals surface area contributed by atoms with Gasteiger partial charge in [0.15, 0.2) is 5.75 Å². The van der Waals surface area contributed by atoms with Gasteiger partial charge in [0.05, 0.1) is 24.3 Å². The zero-order valence-corrected chi connectivity index (χ0v) is 19.7. The highest BCUT2D eigenvalue weighted by atomic mass is 32.1. The second kappa shape index (κ2) is 10.2. The summed E-state index contributed by atoms with van der Waals surface area (Å²) in [5.74, 6) is -1.46. The maximum atomic E-state index is 13.0. The van der Waals surface area contributed by atoms with E-state index in [-0.39, 0.29) is 39.9 Å². The molecule has 0 saturated carbocycles. The number of carbonyl (C=O) groups excluding carboxylic acids is 2. The van der Waals surface area contributed by atoms with Crippen LogP contribution in [0.5, 0.6) is 5.75 Å². The van der Waals surface area contributed by atoms with Gasteiger partial charge in [-0.25, -0.2) is 9.64 Å². The van der Waals surface area contributed by atoms with Crippen molar-refractivity contribution in [3.8, 4) is 5.75 Å². The smallest absolute Gasteiger partial charge is 0.328 e. The highest BCUT2D eigenvalue weighted by Crippen LogP contribution is 2.43. The van der Waals surface area contributed by atoms with Crippen LogP contribution in [0.4, 0.5) is 22.1 Å². The first-order valence-corrected chi connectivity index (χ1v) is 11.5. The molecule has 1 heterocycles. The number of nitrogens with one attached hydrogen (secondary N) is 1. The van der Waals surface area contributed by atoms with Crippen LogP contribution in [-0.2, 0) is 4.74 Å². The predicted octanol–water partition coefficient (Wildman–Crippen LogP) is 7.31. The molecule has 1 amide bonds. The molecule has 2 N–H and O–H groups in total. The first kappa shape index (κ1) is 23.6. The van der Waals surface area contributed by atoms with Crippen molar-refractivity contribution in [3.05, 3.63) is 88.1 Å². The van der Waals surface area contributed by atoms with Gasteiger partial charge in [-0.2, -0.15) is 5.11 Å². The van der Waals surface area contributed by atoms with Crippen molar-refractivity contribution in [1.29, 1.82) is 0 Å². The maximum Gasteiger partial charge on any atom is 0.328 e. The third-order valence-corrected chi connectivity index (χ3v) is 6.00. The van der Waals surface area contributed by atoms with Gasteiger partial charge in [0, 0.05) is 11.1 Å². The van der Waals surface area contributed by atoms with Crippen LogP contribution in [0.25, 0.3) is 15.6 Å². The van der Waals surface area contributed by atoms with Gasteiger partial charge in [0.1, 0.15) is 10.7 Å². The normalized spacial score (nSPS) is 10.9. The zero-order valence-electron chi connectivity index (χ0n) is 18.9. The lowest BCUT2D eigenvalue weighted by Gasteiger charge is -2.11. The van der Waals surface area contributed by atoms with Crippen LogP contribution >= 0.6 is 11.3 Å². The Morgan fingerprint density at radius 1 is 1.11 bits per heavy atom. The number of anilines is 1. The molecule has 0 spiro atoms. The molecule has 3 aromatic carbocycles. The molecule has 174 valence electrons. The Morgan fingerprint density at radius 3 is 2.57 bits per heavy atom. The van der Waals surface area contributed by atoms with E-state index in [4.69, 9.17) is 11.3 Å². The van der Waals surface area contributed by atoms with Crippen LogP contribution in [0.1, 0.15) is 33.2 Å². The highest BCUT2D eigenvalue weighted by molar-refractivity contribution is 7.15. The van der Waals surface area contributed by atoms with E-state index in [1.165, 1.54) is 5.38 Å². The number of rotatable bonds is 6. The second-order valence-corrected chi connectivity index (χ2v) is 8.36. The number of fused-ring (bicyclic) bond motifs is 1. The summed E-state index contributed by atoms with van der Waals surface area (Å²) in [7, 11) is 0. The fourth-order valence-corrected chi connectivity index (χ4v) is 4.19. The number of hydrogen-bond donors (Lipinski definition) is 2. The number of hydrogen-bond acceptors (Lipinski definition) is 7. The molecule has 9 heteroatoms. The number of nitrogens with zero attached hydrogens (tertiary/aromatic N) is 3. The van der Waals surface area contributed by atoms with Crippen LogP contribution < -0.4 is 5.32 Å². The molecule has 0 aliphatic heterocycles.